The van der Waals surface area contributed by atoms with Gasteiger partial charge >= 0.3 is 5.97 Å². The Kier molecular flexibility index (Phi) is 12.1. The number of carbonyl (C=O) groups is 4. The van der Waals surface area contributed by atoms with Crippen molar-refractivity contribution in [3.63, 3.8) is 0 Å². The van der Waals surface area contributed by atoms with Crippen molar-refractivity contribution in [3.05, 3.63) is 36.4 Å². The lowest BCUT2D eigenvalue weighted by atomic mass is 9.98. The van der Waals surface area contributed by atoms with Crippen molar-refractivity contribution in [2.75, 3.05) is 12.0 Å². The van der Waals surface area contributed by atoms with Crippen LogP contribution in [0, 0.1) is 5.92 Å². The molecule has 0 fully saturated rings. The Labute approximate surface area is 219 Å². The molecule has 3 amide bonds. The molecule has 2 aromatic rings. The van der Waals surface area contributed by atoms with Gasteiger partial charge in [0.2, 0.25) is 17.7 Å². The van der Waals surface area contributed by atoms with Crippen LogP contribution in [-0.2, 0) is 32.0 Å². The molecule has 13 nitrogen and oxygen atoms in total. The number of H-pyrrole nitrogens is 2. The van der Waals surface area contributed by atoms with Gasteiger partial charge in [-0.2, -0.15) is 11.8 Å². The summed E-state index contributed by atoms with van der Waals surface area (Å²) in [6.07, 6.45) is 8.89. The Morgan fingerprint density at radius 3 is 1.92 bits per heavy atom. The normalized spacial score (nSPS) is 15.1. The SMILES string of the molecule is CCC(C)C(NC(=O)C(Cc1cnc[nH]1)NC(=O)C(Cc1cnc[nH]1)NC(=O)C(N)CCSC)C(=O)O. The van der Waals surface area contributed by atoms with E-state index in [2.05, 4.69) is 35.9 Å². The number of nitrogens with zero attached hydrogens (tertiary/aromatic N) is 2. The summed E-state index contributed by atoms with van der Waals surface area (Å²) in [5, 5.41) is 17.5. The number of carboxylic acid groups (broad SMARTS) is 1. The van der Waals surface area contributed by atoms with Gasteiger partial charge in [-0.3, -0.25) is 14.4 Å². The number of aliphatic carboxylic acids is 1. The number of aromatic amines is 2. The molecule has 204 valence electrons. The van der Waals surface area contributed by atoms with E-state index in [0.29, 0.717) is 30.0 Å². The van der Waals surface area contributed by atoms with Crippen molar-refractivity contribution < 1.29 is 24.3 Å². The second-order valence-electron chi connectivity index (χ2n) is 8.78. The lowest BCUT2D eigenvalue weighted by molar-refractivity contribution is -0.143. The Hall–Kier alpha value is -3.39. The molecular weight excluding hydrogens is 500 g/mol. The van der Waals surface area contributed by atoms with E-state index < -0.39 is 47.9 Å². The fourth-order valence-electron chi connectivity index (χ4n) is 3.51. The van der Waals surface area contributed by atoms with Gasteiger partial charge in [0, 0.05) is 36.6 Å². The molecule has 0 aromatic carbocycles. The van der Waals surface area contributed by atoms with Crippen LogP contribution in [0.5, 0.6) is 0 Å². The van der Waals surface area contributed by atoms with Crippen molar-refractivity contribution in [3.8, 4) is 0 Å². The zero-order valence-electron chi connectivity index (χ0n) is 21.2. The summed E-state index contributed by atoms with van der Waals surface area (Å²) in [6, 6.07) is -4.13. The third-order valence-electron chi connectivity index (χ3n) is 5.97. The summed E-state index contributed by atoms with van der Waals surface area (Å²) < 4.78 is 0. The maximum Gasteiger partial charge on any atom is 0.326 e. The molecule has 0 radical (unpaired) electrons. The Bertz CT molecular complexity index is 1000. The smallest absolute Gasteiger partial charge is 0.326 e. The molecule has 5 unspecified atom stereocenters. The average Bonchev–Trinajstić information content (AvgIpc) is 3.58. The minimum absolute atomic E-state index is 0.0301. The summed E-state index contributed by atoms with van der Waals surface area (Å²) in [4.78, 5) is 64.6. The number of thioether (sulfide) groups is 1. The van der Waals surface area contributed by atoms with Crippen LogP contribution in [0.25, 0.3) is 0 Å². The van der Waals surface area contributed by atoms with Gasteiger partial charge in [-0.15, -0.1) is 0 Å². The molecular formula is C23H36N8O5S. The van der Waals surface area contributed by atoms with E-state index in [4.69, 9.17) is 5.73 Å². The first kappa shape index (κ1) is 29.8. The van der Waals surface area contributed by atoms with Crippen LogP contribution in [0.4, 0.5) is 0 Å². The van der Waals surface area contributed by atoms with Crippen molar-refractivity contribution in [2.24, 2.45) is 11.7 Å². The maximum atomic E-state index is 13.4. The van der Waals surface area contributed by atoms with E-state index in [1.165, 1.54) is 25.0 Å². The van der Waals surface area contributed by atoms with Gasteiger partial charge < -0.3 is 36.8 Å². The van der Waals surface area contributed by atoms with E-state index in [-0.39, 0.29) is 18.8 Å². The number of imidazole rings is 2. The number of nitrogens with two attached hydrogens (primary N) is 1. The number of aromatic nitrogens is 4. The van der Waals surface area contributed by atoms with Gasteiger partial charge in [0.05, 0.1) is 18.7 Å². The second kappa shape index (κ2) is 15.0. The topological polar surface area (TPSA) is 208 Å². The first-order chi connectivity index (χ1) is 17.7. The Morgan fingerprint density at radius 1 is 0.973 bits per heavy atom. The average molecular weight is 537 g/mol. The summed E-state index contributed by atoms with van der Waals surface area (Å²) >= 11 is 1.55. The predicted octanol–water partition coefficient (Wildman–Crippen LogP) is -0.416. The molecule has 2 rings (SSSR count). The number of hydrogen-bond donors (Lipinski definition) is 7. The minimum atomic E-state index is -1.17. The largest absolute Gasteiger partial charge is 0.480 e. The second-order valence-corrected chi connectivity index (χ2v) is 9.77. The van der Waals surface area contributed by atoms with E-state index in [1.807, 2.05) is 13.2 Å². The third kappa shape index (κ3) is 9.53. The Morgan fingerprint density at radius 2 is 1.49 bits per heavy atom. The molecule has 2 heterocycles. The predicted molar refractivity (Wildman–Crippen MR) is 138 cm³/mol. The number of carboxylic acids is 1. The lowest BCUT2D eigenvalue weighted by Crippen LogP contribution is -2.58. The quantitative estimate of drug-likeness (QED) is 0.148. The van der Waals surface area contributed by atoms with Crippen LogP contribution >= 0.6 is 11.8 Å². The van der Waals surface area contributed by atoms with Crippen LogP contribution in [-0.4, -0.2) is 84.9 Å². The number of rotatable bonds is 16. The van der Waals surface area contributed by atoms with Gasteiger partial charge in [0.25, 0.3) is 0 Å². The number of amides is 3. The van der Waals surface area contributed by atoms with Crippen molar-refractivity contribution >= 4 is 35.5 Å². The van der Waals surface area contributed by atoms with Crippen LogP contribution in [0.3, 0.4) is 0 Å². The molecule has 0 bridgehead atoms. The van der Waals surface area contributed by atoms with Crippen LogP contribution in [0.15, 0.2) is 25.0 Å². The van der Waals surface area contributed by atoms with Gasteiger partial charge in [-0.25, -0.2) is 14.8 Å². The molecule has 0 saturated heterocycles. The lowest BCUT2D eigenvalue weighted by Gasteiger charge is -2.26. The minimum Gasteiger partial charge on any atom is -0.480 e. The molecule has 0 saturated carbocycles. The molecule has 8 N–H and O–H groups in total. The third-order valence-corrected chi connectivity index (χ3v) is 6.61. The van der Waals surface area contributed by atoms with E-state index in [1.54, 1.807) is 18.7 Å². The number of hydrogen-bond acceptors (Lipinski definition) is 8. The van der Waals surface area contributed by atoms with Gasteiger partial charge in [-0.05, 0) is 24.3 Å². The highest BCUT2D eigenvalue weighted by Crippen LogP contribution is 2.10. The van der Waals surface area contributed by atoms with Crippen molar-refractivity contribution in [1.29, 1.82) is 0 Å². The summed E-state index contributed by atoms with van der Waals surface area (Å²) in [5.41, 5.74) is 7.13. The molecule has 37 heavy (non-hydrogen) atoms. The first-order valence-electron chi connectivity index (χ1n) is 12.0. The molecule has 0 aliphatic carbocycles. The van der Waals surface area contributed by atoms with E-state index in [9.17, 15) is 24.3 Å². The molecule has 5 atom stereocenters. The molecule has 2 aromatic heterocycles. The highest BCUT2D eigenvalue weighted by Gasteiger charge is 2.32. The zero-order valence-corrected chi connectivity index (χ0v) is 22.0. The van der Waals surface area contributed by atoms with Gasteiger partial charge in [0.15, 0.2) is 0 Å². The standard InChI is InChI=1S/C23H36N8O5S/c1-4-13(2)19(23(35)36)31-22(34)18(8-15-10-26-12-28-15)30-21(33)17(7-14-9-25-11-27-14)29-20(32)16(24)5-6-37-3/h9-13,16-19H,4-8,24H2,1-3H3,(H,25,27)(H,26,28)(H,29,32)(H,30,33)(H,31,34)(H,35,36). The number of nitrogens with one attached hydrogen (secondary N) is 5. The fraction of sp³-hybridized carbons (Fsp3) is 0.565. The summed E-state index contributed by atoms with van der Waals surface area (Å²) in [6.45, 7) is 3.54. The van der Waals surface area contributed by atoms with Gasteiger partial charge in [0.1, 0.15) is 18.1 Å². The van der Waals surface area contributed by atoms with Crippen LogP contribution in [0.2, 0.25) is 0 Å². The summed E-state index contributed by atoms with van der Waals surface area (Å²) in [5.74, 6) is -2.61. The van der Waals surface area contributed by atoms with E-state index >= 15 is 0 Å². The Balaban J connectivity index is 2.23. The molecule has 0 spiro atoms. The van der Waals surface area contributed by atoms with E-state index in [0.717, 1.165) is 0 Å². The van der Waals surface area contributed by atoms with Gasteiger partial charge in [-0.1, -0.05) is 20.3 Å². The highest BCUT2D eigenvalue weighted by molar-refractivity contribution is 7.98. The zero-order chi connectivity index (χ0) is 27.4. The maximum absolute atomic E-state index is 13.4. The highest BCUT2D eigenvalue weighted by atomic mass is 32.2. The van der Waals surface area contributed by atoms with Crippen LogP contribution < -0.4 is 21.7 Å². The van der Waals surface area contributed by atoms with Crippen molar-refractivity contribution in [2.45, 2.75) is 63.7 Å². The fourth-order valence-corrected chi connectivity index (χ4v) is 4.00. The molecule has 0 aliphatic rings. The number of carbonyl (C=O) groups excluding carboxylic acids is 3. The first-order valence-corrected chi connectivity index (χ1v) is 13.4. The monoisotopic (exact) mass is 536 g/mol. The summed E-state index contributed by atoms with van der Waals surface area (Å²) in [7, 11) is 0. The van der Waals surface area contributed by atoms with Crippen LogP contribution in [0.1, 0.15) is 38.1 Å². The van der Waals surface area contributed by atoms with Crippen molar-refractivity contribution in [1.82, 2.24) is 35.9 Å². The molecule has 0 aliphatic heterocycles. The molecule has 14 heteroatoms.